The van der Waals surface area contributed by atoms with Crippen LogP contribution in [0.15, 0.2) is 112 Å². The number of esters is 3. The van der Waals surface area contributed by atoms with Gasteiger partial charge in [-0.2, -0.15) is 4.98 Å². The Hall–Kier alpha value is -8.76. The Morgan fingerprint density at radius 2 is 0.765 bits per heavy atom. The van der Waals surface area contributed by atoms with E-state index < -0.39 is 11.9 Å². The summed E-state index contributed by atoms with van der Waals surface area (Å²) in [5, 5.41) is 45.1. The van der Waals surface area contributed by atoms with Gasteiger partial charge in [0.25, 0.3) is 11.8 Å². The van der Waals surface area contributed by atoms with Gasteiger partial charge >= 0.3 is 23.9 Å². The molecule has 0 amide bonds. The maximum absolute atomic E-state index is 11.3. The van der Waals surface area contributed by atoms with E-state index in [1.54, 1.807) is 68.5 Å². The first kappa shape index (κ1) is 114. The van der Waals surface area contributed by atoms with Crippen LogP contribution in [0.4, 0.5) is 0 Å². The molecule has 1 N–H and O–H groups in total. The van der Waals surface area contributed by atoms with Crippen molar-refractivity contribution in [3.05, 3.63) is 189 Å². The molecule has 14 heterocycles. The number of methoxy groups -OCH3 is 3. The Labute approximate surface area is 823 Å². The van der Waals surface area contributed by atoms with Crippen LogP contribution in [0.1, 0.15) is 352 Å². The topological polar surface area (TPSA) is 349 Å². The number of carbonyl (C=O) groups excluding carboxylic acids is 3. The predicted octanol–water partition coefficient (Wildman–Crippen LogP) is 28.0. The first-order valence-corrected chi connectivity index (χ1v) is 51.9. The van der Waals surface area contributed by atoms with Crippen molar-refractivity contribution in [1.29, 1.82) is 0 Å². The number of thiazole rings is 11. The smallest absolute Gasteiger partial charge is 0.367 e. The van der Waals surface area contributed by atoms with Crippen LogP contribution >= 0.6 is 125 Å². The lowest BCUT2D eigenvalue weighted by atomic mass is 9.93. The van der Waals surface area contributed by atoms with Crippen LogP contribution in [0.25, 0.3) is 42.5 Å². The molecule has 0 atom stereocenters. The molecule has 14 rings (SSSR count). The normalized spacial score (nSPS) is 11.8. The number of carboxylic acids is 1. The third kappa shape index (κ3) is 37.5. The van der Waals surface area contributed by atoms with Gasteiger partial charge in [0, 0.05) is 132 Å². The van der Waals surface area contributed by atoms with Crippen molar-refractivity contribution in [2.24, 2.45) is 0 Å². The molecule has 0 unspecified atom stereocenters. The fourth-order valence-electron chi connectivity index (χ4n) is 9.18. The van der Waals surface area contributed by atoms with Gasteiger partial charge in [0.05, 0.1) is 88.1 Å². The van der Waals surface area contributed by atoms with Crippen molar-refractivity contribution in [3.63, 3.8) is 0 Å². The molecule has 0 aliphatic rings. The Balaban J connectivity index is 0.000000261. The van der Waals surface area contributed by atoms with Crippen LogP contribution in [-0.4, -0.2) is 130 Å². The minimum Gasteiger partial charge on any atom is -0.476 e. The number of hydrogen-bond donors (Lipinski definition) is 1. The van der Waals surface area contributed by atoms with Crippen molar-refractivity contribution in [1.82, 2.24) is 80.1 Å². The molecule has 14 aromatic heterocycles. The fourth-order valence-corrected chi connectivity index (χ4v) is 19.6. The molecule has 0 aliphatic carbocycles. The van der Waals surface area contributed by atoms with E-state index in [1.807, 2.05) is 83.5 Å². The van der Waals surface area contributed by atoms with Crippen molar-refractivity contribution in [2.45, 2.75) is 301 Å². The highest BCUT2D eigenvalue weighted by Crippen LogP contribution is 2.37. The molecule has 0 spiro atoms. The molecule has 0 saturated carbocycles. The lowest BCUT2D eigenvalue weighted by molar-refractivity contribution is 0.0587. The summed E-state index contributed by atoms with van der Waals surface area (Å²) in [7, 11) is 4.07. The number of hydrogen-bond acceptors (Lipinski definition) is 36. The average molecular weight is 2010 g/mol. The van der Waals surface area contributed by atoms with E-state index in [-0.39, 0.29) is 71.1 Å². The van der Waals surface area contributed by atoms with Gasteiger partial charge in [-0.3, -0.25) is 4.98 Å². The van der Waals surface area contributed by atoms with Crippen LogP contribution < -0.4 is 0 Å². The number of pyridine rings is 1. The Kier molecular flexibility index (Phi) is 42.3. The van der Waals surface area contributed by atoms with Crippen LogP contribution in [0.2, 0.25) is 0 Å². The second-order valence-corrected chi connectivity index (χ2v) is 50.3. The molecule has 718 valence electrons. The number of carbonyl (C=O) groups is 4. The summed E-state index contributed by atoms with van der Waals surface area (Å²) >= 11 is 16.8. The highest BCUT2D eigenvalue weighted by molar-refractivity contribution is 7.20. The fraction of sp³-hybridized carbons (Fsp3) is 0.516. The lowest BCUT2D eigenvalue weighted by Crippen LogP contribution is -2.12. The van der Waals surface area contributed by atoms with E-state index in [0.29, 0.717) is 39.3 Å². The van der Waals surface area contributed by atoms with Gasteiger partial charge < -0.3 is 28.3 Å². The van der Waals surface area contributed by atoms with Gasteiger partial charge in [-0.1, -0.05) is 247 Å². The zero-order valence-corrected chi connectivity index (χ0v) is 92.3. The standard InChI is InChI=1S/C12H14N2O2S2.C12H14N2S.2C10H17NS.2C9H11N3OS.2C9H13NO2S.C8H11NO2S.C7H11NS/c1-12(2,3)8-6-18-10(14-8)9-13-7(5-17-9)11(15)16-4;1-12(2,3)10-8-15-11(14-10)9-6-4-5-7-13-9;1-7(2)9-11-8(6-12-9)10(3,4)5;1-7(2)9-11-6-8(12-9)10(3,4)5;1-9(2,3)6-4-14-8(11-6)7-12-10-5-13-7;1-9(2,3)6-4-14-8(12-6)7-10-5-11-13-7;1-9(2,3)6-5-13-7(10-6)8(11)12-4;1-9(2,3)6-5-10-7(13-6)8(11)12-4;1-8(2,3)5-4-12-6(9-5)7(10)11;1-7(2,3)6-4-9-5-8-6/h5-6H,1-4H3;4-8H,1-3H3;2*6-7H,1-5H3;2*4-5H,1-3H3;2*5H,1-4H3;4H,1-3H3,(H,10,11);4-5H,1-3H3. The van der Waals surface area contributed by atoms with E-state index in [4.69, 9.17) is 14.0 Å². The molecule has 14 aromatic rings. The van der Waals surface area contributed by atoms with Gasteiger partial charge in [-0.15, -0.1) is 135 Å². The Morgan fingerprint density at radius 1 is 0.364 bits per heavy atom. The predicted molar refractivity (Wildman–Crippen MR) is 548 cm³/mol. The Bertz CT molecular complexity index is 5550. The average Bonchev–Trinajstić information content (AvgIpc) is 1.68. The molecule has 0 radical (unpaired) electrons. The van der Waals surface area contributed by atoms with Gasteiger partial charge in [-0.05, 0) is 23.0 Å². The summed E-state index contributed by atoms with van der Waals surface area (Å²) in [6.07, 6.45) is 8.24. The number of ether oxygens (including phenoxy) is 3. The Morgan fingerprint density at radius 3 is 1.12 bits per heavy atom. The summed E-state index contributed by atoms with van der Waals surface area (Å²) in [5.41, 5.74) is 12.5. The highest BCUT2D eigenvalue weighted by atomic mass is 32.1. The van der Waals surface area contributed by atoms with E-state index in [0.717, 1.165) is 69.8 Å². The zero-order valence-electron chi connectivity index (χ0n) is 83.3. The first-order chi connectivity index (χ1) is 60.9. The minimum absolute atomic E-state index is 0.0111. The molecule has 0 saturated heterocycles. The van der Waals surface area contributed by atoms with Crippen molar-refractivity contribution in [3.8, 4) is 42.5 Å². The quantitative estimate of drug-likeness (QED) is 0.0981. The van der Waals surface area contributed by atoms with Gasteiger partial charge in [0.15, 0.2) is 32.1 Å². The summed E-state index contributed by atoms with van der Waals surface area (Å²) in [5.74, 6) is 0.0230. The van der Waals surface area contributed by atoms with E-state index in [9.17, 15) is 19.2 Å². The molecule has 0 bridgehead atoms. The third-order valence-corrected chi connectivity index (χ3v) is 28.4. The van der Waals surface area contributed by atoms with Gasteiger partial charge in [0.1, 0.15) is 5.01 Å². The molecule has 0 aliphatic heterocycles. The largest absolute Gasteiger partial charge is 0.476 e. The second kappa shape index (κ2) is 49.1. The molecular formula is C95H132N16O10S11. The monoisotopic (exact) mass is 2010 g/mol. The lowest BCUT2D eigenvalue weighted by Gasteiger charge is -2.14. The maximum Gasteiger partial charge on any atom is 0.367 e. The zero-order chi connectivity index (χ0) is 99.7. The maximum atomic E-state index is 11.3. The summed E-state index contributed by atoms with van der Waals surface area (Å²) < 4.78 is 23.8. The molecular weight excluding hydrogens is 1880 g/mol. The molecule has 132 heavy (non-hydrogen) atoms. The molecule has 0 fully saturated rings. The van der Waals surface area contributed by atoms with Crippen LogP contribution in [0, 0.1) is 0 Å². The summed E-state index contributed by atoms with van der Waals surface area (Å²) in [6, 6.07) is 5.90. The van der Waals surface area contributed by atoms with Crippen LogP contribution in [-0.2, 0) is 68.4 Å². The van der Waals surface area contributed by atoms with Crippen molar-refractivity contribution >= 4 is 149 Å². The number of nitrogens with zero attached hydrogens (tertiary/aromatic N) is 16. The van der Waals surface area contributed by atoms with Crippen LogP contribution in [0.3, 0.4) is 0 Å². The summed E-state index contributed by atoms with van der Waals surface area (Å²) in [4.78, 5) is 102. The van der Waals surface area contributed by atoms with E-state index in [2.05, 4.69) is 325 Å². The minimum atomic E-state index is -0.949. The van der Waals surface area contributed by atoms with E-state index in [1.165, 1.54) is 128 Å². The van der Waals surface area contributed by atoms with Crippen molar-refractivity contribution in [2.75, 3.05) is 21.3 Å². The third-order valence-electron chi connectivity index (χ3n) is 17.6. The SMILES string of the molecule is CC(C)(C)c1csc(-c2ccccn2)n1.CC(C)(C)c1csc(-c2ncno2)n1.CC(C)(C)c1csc(-c2nnco2)n1.CC(C)(C)c1csc(C(=O)O)n1.CC(C)(C)c1cscn1.CC(C)c1nc(C(C)(C)C)cs1.CC(C)c1ncc(C(C)(C)C)s1.COC(=O)c1csc(-c2nc(C(C)(C)C)cs2)n1.COC(=O)c1nc(C(C)(C)C)cs1.COC(=O)c1ncc(C(C)(C)C)s1. The van der Waals surface area contributed by atoms with Gasteiger partial charge in [0.2, 0.25) is 21.4 Å². The van der Waals surface area contributed by atoms with Crippen LogP contribution in [0.5, 0.6) is 0 Å². The number of rotatable bonds is 10. The van der Waals surface area contributed by atoms with Gasteiger partial charge in [-0.25, -0.2) is 74.0 Å². The molecule has 26 nitrogen and oxygen atoms in total. The summed E-state index contributed by atoms with van der Waals surface area (Å²) in [6.45, 7) is 72.6. The highest BCUT2D eigenvalue weighted by Gasteiger charge is 2.28. The van der Waals surface area contributed by atoms with E-state index >= 15 is 0 Å². The molecule has 37 heteroatoms. The van der Waals surface area contributed by atoms with Crippen molar-refractivity contribution < 1.29 is 47.4 Å². The first-order valence-electron chi connectivity index (χ1n) is 42.3. The number of aromatic carboxylic acids is 1. The number of aromatic nitrogens is 16. The number of carboxylic acid groups (broad SMARTS) is 1. The molecule has 0 aromatic carbocycles. The second-order valence-electron chi connectivity index (χ2n) is 40.6.